The third-order valence-electron chi connectivity index (χ3n) is 5.21. The standard InChI is InChI=1S/C26H24ClN5O4S/c1-34-21-14-23(36-3)22(35-2)13-18(21)15-28-29-24(33)16-37-26-31-30-25(17-9-11-19(27)12-10-17)32(26)20-7-5-4-6-8-20/h4-15H,16H2,1-3H3,(H,29,33). The number of benzene rings is 3. The number of carbonyl (C=O) groups is 1. The maximum absolute atomic E-state index is 12.6. The van der Waals surface area contributed by atoms with Crippen molar-refractivity contribution in [3.05, 3.63) is 77.3 Å². The number of rotatable bonds is 10. The minimum Gasteiger partial charge on any atom is -0.496 e. The minimum absolute atomic E-state index is 0.0754. The Hall–Kier alpha value is -4.02. The Morgan fingerprint density at radius 2 is 1.65 bits per heavy atom. The van der Waals surface area contributed by atoms with E-state index >= 15 is 0 Å². The van der Waals surface area contributed by atoms with E-state index in [1.54, 1.807) is 31.4 Å². The number of ether oxygens (including phenoxy) is 3. The molecule has 0 saturated heterocycles. The Labute approximate surface area is 223 Å². The molecule has 4 rings (SSSR count). The first-order chi connectivity index (χ1) is 18.0. The zero-order valence-corrected chi connectivity index (χ0v) is 21.9. The van der Waals surface area contributed by atoms with Crippen LogP contribution < -0.4 is 19.6 Å². The van der Waals surface area contributed by atoms with Gasteiger partial charge in [-0.2, -0.15) is 5.10 Å². The highest BCUT2D eigenvalue weighted by molar-refractivity contribution is 7.99. The average Bonchev–Trinajstić information content (AvgIpc) is 3.36. The monoisotopic (exact) mass is 537 g/mol. The highest BCUT2D eigenvalue weighted by Gasteiger charge is 2.17. The fourth-order valence-electron chi connectivity index (χ4n) is 3.45. The Kier molecular flexibility index (Phi) is 8.65. The maximum atomic E-state index is 12.6. The van der Waals surface area contributed by atoms with Gasteiger partial charge in [-0.05, 0) is 42.5 Å². The fourth-order valence-corrected chi connectivity index (χ4v) is 4.32. The second-order valence-electron chi connectivity index (χ2n) is 7.52. The number of thioether (sulfide) groups is 1. The lowest BCUT2D eigenvalue weighted by atomic mass is 10.2. The summed E-state index contributed by atoms with van der Waals surface area (Å²) in [5.41, 5.74) is 4.87. The molecule has 0 aliphatic rings. The van der Waals surface area contributed by atoms with Crippen molar-refractivity contribution in [2.45, 2.75) is 5.16 Å². The number of amides is 1. The molecule has 190 valence electrons. The van der Waals surface area contributed by atoms with E-state index in [0.717, 1.165) is 11.3 Å². The minimum atomic E-state index is -0.309. The van der Waals surface area contributed by atoms with E-state index in [4.69, 9.17) is 25.8 Å². The number of nitrogens with one attached hydrogen (secondary N) is 1. The molecule has 0 saturated carbocycles. The van der Waals surface area contributed by atoms with Gasteiger partial charge >= 0.3 is 0 Å². The van der Waals surface area contributed by atoms with Gasteiger partial charge in [0.2, 0.25) is 0 Å². The molecular weight excluding hydrogens is 514 g/mol. The Balaban J connectivity index is 1.48. The number of hydrogen-bond acceptors (Lipinski definition) is 8. The second-order valence-corrected chi connectivity index (χ2v) is 8.89. The van der Waals surface area contributed by atoms with E-state index in [1.807, 2.05) is 47.0 Å². The van der Waals surface area contributed by atoms with Gasteiger partial charge in [0, 0.05) is 27.9 Å². The van der Waals surface area contributed by atoms with Crippen molar-refractivity contribution >= 4 is 35.5 Å². The number of aromatic nitrogens is 3. The predicted octanol–water partition coefficient (Wildman–Crippen LogP) is 4.86. The Morgan fingerprint density at radius 1 is 0.973 bits per heavy atom. The summed E-state index contributed by atoms with van der Waals surface area (Å²) in [5.74, 6) is 1.98. The summed E-state index contributed by atoms with van der Waals surface area (Å²) in [6, 6.07) is 20.4. The lowest BCUT2D eigenvalue weighted by Crippen LogP contribution is -2.20. The van der Waals surface area contributed by atoms with E-state index < -0.39 is 0 Å². The smallest absolute Gasteiger partial charge is 0.250 e. The van der Waals surface area contributed by atoms with Crippen LogP contribution in [0, 0.1) is 0 Å². The number of hydrogen-bond donors (Lipinski definition) is 1. The zero-order valence-electron chi connectivity index (χ0n) is 20.3. The number of nitrogens with zero attached hydrogens (tertiary/aromatic N) is 4. The van der Waals surface area contributed by atoms with Crippen LogP contribution in [0.2, 0.25) is 5.02 Å². The molecule has 9 nitrogen and oxygen atoms in total. The van der Waals surface area contributed by atoms with Crippen LogP contribution in [0.5, 0.6) is 17.2 Å². The van der Waals surface area contributed by atoms with Gasteiger partial charge in [0.05, 0.1) is 33.3 Å². The summed E-state index contributed by atoms with van der Waals surface area (Å²) in [6.45, 7) is 0. The molecule has 0 bridgehead atoms. The molecule has 0 spiro atoms. The lowest BCUT2D eigenvalue weighted by Gasteiger charge is -2.11. The van der Waals surface area contributed by atoms with E-state index in [9.17, 15) is 4.79 Å². The molecule has 1 amide bonds. The van der Waals surface area contributed by atoms with E-state index in [0.29, 0.717) is 38.8 Å². The number of methoxy groups -OCH3 is 3. The highest BCUT2D eigenvalue weighted by atomic mass is 35.5. The van der Waals surface area contributed by atoms with Crippen LogP contribution in [0.3, 0.4) is 0 Å². The van der Waals surface area contributed by atoms with Crippen LogP contribution in [0.4, 0.5) is 0 Å². The summed E-state index contributed by atoms with van der Waals surface area (Å²) in [4.78, 5) is 12.6. The number of carbonyl (C=O) groups excluding carboxylic acids is 1. The van der Waals surface area contributed by atoms with Crippen LogP contribution >= 0.6 is 23.4 Å². The summed E-state index contributed by atoms with van der Waals surface area (Å²) in [6.07, 6.45) is 1.48. The van der Waals surface area contributed by atoms with Crippen molar-refractivity contribution in [1.82, 2.24) is 20.2 Å². The third-order valence-corrected chi connectivity index (χ3v) is 6.39. The van der Waals surface area contributed by atoms with Crippen molar-refractivity contribution in [2.75, 3.05) is 27.1 Å². The van der Waals surface area contributed by atoms with Crippen molar-refractivity contribution in [3.63, 3.8) is 0 Å². The van der Waals surface area contributed by atoms with Gasteiger partial charge < -0.3 is 14.2 Å². The van der Waals surface area contributed by atoms with Crippen molar-refractivity contribution in [1.29, 1.82) is 0 Å². The van der Waals surface area contributed by atoms with E-state index in [-0.39, 0.29) is 11.7 Å². The largest absolute Gasteiger partial charge is 0.496 e. The Bertz CT molecular complexity index is 1390. The van der Waals surface area contributed by atoms with Crippen molar-refractivity contribution < 1.29 is 19.0 Å². The second kappa shape index (κ2) is 12.3. The molecule has 0 aliphatic heterocycles. The molecule has 1 aromatic heterocycles. The number of hydrazone groups is 1. The van der Waals surface area contributed by atoms with Gasteiger partial charge in [-0.15, -0.1) is 10.2 Å². The molecule has 11 heteroatoms. The SMILES string of the molecule is COc1cc(OC)c(OC)cc1C=NNC(=O)CSc1nnc(-c2ccc(Cl)cc2)n1-c1ccccc1. The highest BCUT2D eigenvalue weighted by Crippen LogP contribution is 2.34. The van der Waals surface area contributed by atoms with Crippen molar-refractivity contribution in [2.24, 2.45) is 5.10 Å². The first-order valence-electron chi connectivity index (χ1n) is 11.1. The molecule has 0 fully saturated rings. The van der Waals surface area contributed by atoms with Gasteiger partial charge in [-0.25, -0.2) is 5.43 Å². The van der Waals surface area contributed by atoms with Crippen LogP contribution in [0.15, 0.2) is 77.0 Å². The normalized spacial score (nSPS) is 10.9. The van der Waals surface area contributed by atoms with Crippen LogP contribution in [0.25, 0.3) is 17.1 Å². The molecule has 1 N–H and O–H groups in total. The molecule has 37 heavy (non-hydrogen) atoms. The summed E-state index contributed by atoms with van der Waals surface area (Å²) < 4.78 is 17.9. The van der Waals surface area contributed by atoms with E-state index in [1.165, 1.54) is 32.2 Å². The van der Waals surface area contributed by atoms with Gasteiger partial charge in [0.1, 0.15) is 5.75 Å². The van der Waals surface area contributed by atoms with Crippen LogP contribution in [-0.2, 0) is 4.79 Å². The van der Waals surface area contributed by atoms with Crippen LogP contribution in [0.1, 0.15) is 5.56 Å². The Morgan fingerprint density at radius 3 is 2.32 bits per heavy atom. The van der Waals surface area contributed by atoms with Gasteiger partial charge in [0.15, 0.2) is 22.5 Å². The van der Waals surface area contributed by atoms with Crippen LogP contribution in [-0.4, -0.2) is 54.0 Å². The van der Waals surface area contributed by atoms with Gasteiger partial charge in [-0.1, -0.05) is 41.6 Å². The maximum Gasteiger partial charge on any atom is 0.250 e. The molecular formula is C26H24ClN5O4S. The first-order valence-corrected chi connectivity index (χ1v) is 12.4. The molecule has 4 aromatic rings. The molecule has 1 heterocycles. The predicted molar refractivity (Wildman–Crippen MR) is 144 cm³/mol. The zero-order chi connectivity index (χ0) is 26.2. The quantitative estimate of drug-likeness (QED) is 0.175. The molecule has 0 unspecified atom stereocenters. The molecule has 0 radical (unpaired) electrons. The summed E-state index contributed by atoms with van der Waals surface area (Å²) in [5, 5.41) is 14.0. The van der Waals surface area contributed by atoms with Crippen molar-refractivity contribution in [3.8, 4) is 34.3 Å². The molecule has 3 aromatic carbocycles. The number of para-hydroxylation sites is 1. The van der Waals surface area contributed by atoms with E-state index in [2.05, 4.69) is 20.7 Å². The molecule has 0 atom stereocenters. The topological polar surface area (TPSA) is 99.9 Å². The first kappa shape index (κ1) is 26.1. The van der Waals surface area contributed by atoms with Gasteiger partial charge in [0.25, 0.3) is 5.91 Å². The fraction of sp³-hybridized carbons (Fsp3) is 0.154. The summed E-state index contributed by atoms with van der Waals surface area (Å²) >= 11 is 7.30. The third kappa shape index (κ3) is 6.22. The average molecular weight is 538 g/mol. The van der Waals surface area contributed by atoms with Gasteiger partial charge in [-0.3, -0.25) is 9.36 Å². The molecule has 0 aliphatic carbocycles. The summed E-state index contributed by atoms with van der Waals surface area (Å²) in [7, 11) is 4.62. The number of halogens is 1. The lowest BCUT2D eigenvalue weighted by molar-refractivity contribution is -0.118.